The van der Waals surface area contributed by atoms with Gasteiger partial charge in [0.1, 0.15) is 0 Å². The summed E-state index contributed by atoms with van der Waals surface area (Å²) in [4.78, 5) is 0. The van der Waals surface area contributed by atoms with E-state index in [4.69, 9.17) is 0 Å². The molecule has 0 aromatic carbocycles. The highest BCUT2D eigenvalue weighted by atomic mass is 32.2. The minimum absolute atomic E-state index is 0.0228. The maximum Gasteiger partial charge on any atom is 0.151 e. The lowest BCUT2D eigenvalue weighted by Crippen LogP contribution is -2.54. The molecule has 0 radical (unpaired) electrons. The van der Waals surface area contributed by atoms with E-state index in [2.05, 4.69) is 26.1 Å². The summed E-state index contributed by atoms with van der Waals surface area (Å²) in [6.45, 7) is 7.55. The Morgan fingerprint density at radius 3 is 2.44 bits per heavy atom. The van der Waals surface area contributed by atoms with Crippen LogP contribution in [0.2, 0.25) is 0 Å². The Hall–Kier alpha value is -0.0900. The molecule has 18 heavy (non-hydrogen) atoms. The number of hydrogen-bond acceptors (Lipinski definition) is 3. The summed E-state index contributed by atoms with van der Waals surface area (Å²) >= 11 is 0. The molecule has 3 nitrogen and oxygen atoms in total. The molecule has 2 rings (SSSR count). The molecule has 1 N–H and O–H groups in total. The predicted molar refractivity (Wildman–Crippen MR) is 75.3 cm³/mol. The van der Waals surface area contributed by atoms with E-state index in [0.29, 0.717) is 17.5 Å². The van der Waals surface area contributed by atoms with Crippen molar-refractivity contribution in [1.29, 1.82) is 0 Å². The molecule has 106 valence electrons. The minimum atomic E-state index is -2.71. The Morgan fingerprint density at radius 2 is 1.89 bits per heavy atom. The van der Waals surface area contributed by atoms with Crippen molar-refractivity contribution in [3.05, 3.63) is 0 Å². The molecule has 0 bridgehead atoms. The summed E-state index contributed by atoms with van der Waals surface area (Å²) in [5.41, 5.74) is -0.0228. The van der Waals surface area contributed by atoms with E-state index in [-0.39, 0.29) is 5.41 Å². The Bertz CT molecular complexity index is 379. The van der Waals surface area contributed by atoms with Crippen molar-refractivity contribution in [3.63, 3.8) is 0 Å². The molecule has 1 aliphatic carbocycles. The predicted octanol–water partition coefficient (Wildman–Crippen LogP) is 2.23. The van der Waals surface area contributed by atoms with Crippen LogP contribution in [-0.4, -0.2) is 32.5 Å². The summed E-state index contributed by atoms with van der Waals surface area (Å²) in [5.74, 6) is 2.29. The molecule has 4 heteroatoms. The normalized spacial score (nSPS) is 35.7. The maximum absolute atomic E-state index is 11.3. The molecular weight excluding hydrogens is 246 g/mol. The van der Waals surface area contributed by atoms with Crippen molar-refractivity contribution in [2.24, 2.45) is 17.3 Å². The second-order valence-electron chi connectivity index (χ2n) is 6.94. The third kappa shape index (κ3) is 3.27. The van der Waals surface area contributed by atoms with Gasteiger partial charge in [-0.2, -0.15) is 0 Å². The van der Waals surface area contributed by atoms with Gasteiger partial charge in [0.15, 0.2) is 9.84 Å². The Kier molecular flexibility index (Phi) is 4.07. The van der Waals surface area contributed by atoms with Gasteiger partial charge in [0.05, 0.1) is 11.5 Å². The van der Waals surface area contributed by atoms with Crippen LogP contribution in [0.4, 0.5) is 0 Å². The van der Waals surface area contributed by atoms with Gasteiger partial charge in [0, 0.05) is 18.0 Å². The molecule has 0 aromatic heterocycles. The molecule has 2 fully saturated rings. The quantitative estimate of drug-likeness (QED) is 0.854. The number of sulfone groups is 1. The van der Waals surface area contributed by atoms with E-state index in [1.54, 1.807) is 0 Å². The van der Waals surface area contributed by atoms with Gasteiger partial charge in [0.2, 0.25) is 0 Å². The first-order chi connectivity index (χ1) is 8.31. The Labute approximate surface area is 112 Å². The first-order valence-electron chi connectivity index (χ1n) is 7.25. The van der Waals surface area contributed by atoms with Gasteiger partial charge >= 0.3 is 0 Å². The molecule has 0 spiro atoms. The highest BCUT2D eigenvalue weighted by Gasteiger charge is 2.44. The van der Waals surface area contributed by atoms with Gasteiger partial charge in [-0.1, -0.05) is 33.1 Å². The highest BCUT2D eigenvalue weighted by molar-refractivity contribution is 7.92. The number of nitrogens with one attached hydrogen (secondary N) is 1. The minimum Gasteiger partial charge on any atom is -0.313 e. The van der Waals surface area contributed by atoms with Crippen LogP contribution in [0.15, 0.2) is 0 Å². The molecular formula is C14H27NO2S. The summed E-state index contributed by atoms with van der Waals surface area (Å²) in [5, 5.41) is 3.60. The standard InChI is InChI=1S/C14H27NO2S/c1-11-6-4-5-7-13(11)12(2)15-8-14(3)9-18(16,17)10-14/h11-13,15H,4-10H2,1-3H3. The Morgan fingerprint density at radius 1 is 1.28 bits per heavy atom. The van der Waals surface area contributed by atoms with E-state index in [9.17, 15) is 8.42 Å². The van der Waals surface area contributed by atoms with Crippen molar-refractivity contribution < 1.29 is 8.42 Å². The van der Waals surface area contributed by atoms with Gasteiger partial charge in [-0.05, 0) is 25.2 Å². The summed E-state index contributed by atoms with van der Waals surface area (Å²) in [6, 6.07) is 0.514. The molecule has 0 amide bonds. The lowest BCUT2D eigenvalue weighted by molar-refractivity contribution is 0.190. The van der Waals surface area contributed by atoms with Crippen molar-refractivity contribution in [3.8, 4) is 0 Å². The third-order valence-corrected chi connectivity index (χ3v) is 7.08. The monoisotopic (exact) mass is 273 g/mol. The van der Waals surface area contributed by atoms with Crippen molar-refractivity contribution in [2.45, 2.75) is 52.5 Å². The van der Waals surface area contributed by atoms with Crippen LogP contribution in [0.25, 0.3) is 0 Å². The van der Waals surface area contributed by atoms with Crippen LogP contribution < -0.4 is 5.32 Å². The molecule has 3 atom stereocenters. The van der Waals surface area contributed by atoms with Crippen LogP contribution in [0, 0.1) is 17.3 Å². The molecule has 1 saturated heterocycles. The molecule has 1 heterocycles. The van der Waals surface area contributed by atoms with Crippen LogP contribution in [0.3, 0.4) is 0 Å². The first-order valence-corrected chi connectivity index (χ1v) is 9.07. The van der Waals surface area contributed by atoms with E-state index in [1.807, 2.05) is 0 Å². The average Bonchev–Trinajstić information content (AvgIpc) is 2.24. The highest BCUT2D eigenvalue weighted by Crippen LogP contribution is 2.34. The number of hydrogen-bond donors (Lipinski definition) is 1. The zero-order valence-electron chi connectivity index (χ0n) is 11.9. The second kappa shape index (κ2) is 5.12. The van der Waals surface area contributed by atoms with Crippen molar-refractivity contribution >= 4 is 9.84 Å². The SMILES string of the molecule is CC1CCCCC1C(C)NCC1(C)CS(=O)(=O)C1. The van der Waals surface area contributed by atoms with Gasteiger partial charge in [-0.25, -0.2) is 8.42 Å². The van der Waals surface area contributed by atoms with Gasteiger partial charge in [-0.15, -0.1) is 0 Å². The zero-order chi connectivity index (χ0) is 13.4. The first kappa shape index (κ1) is 14.3. The largest absolute Gasteiger partial charge is 0.313 e. The van der Waals surface area contributed by atoms with Crippen molar-refractivity contribution in [2.75, 3.05) is 18.1 Å². The summed E-state index contributed by atoms with van der Waals surface area (Å²) in [7, 11) is -2.71. The van der Waals surface area contributed by atoms with E-state index < -0.39 is 9.84 Å². The van der Waals surface area contributed by atoms with Gasteiger partial charge in [0.25, 0.3) is 0 Å². The fourth-order valence-corrected chi connectivity index (χ4v) is 6.01. The molecule has 2 aliphatic rings. The van der Waals surface area contributed by atoms with Crippen molar-refractivity contribution in [1.82, 2.24) is 5.32 Å². The number of rotatable bonds is 4. The van der Waals surface area contributed by atoms with E-state index in [1.165, 1.54) is 25.7 Å². The molecule has 0 aromatic rings. The van der Waals surface area contributed by atoms with E-state index in [0.717, 1.165) is 18.4 Å². The van der Waals surface area contributed by atoms with Crippen LogP contribution in [0.5, 0.6) is 0 Å². The Balaban J connectivity index is 1.79. The third-order valence-electron chi connectivity index (χ3n) is 4.81. The summed E-state index contributed by atoms with van der Waals surface area (Å²) in [6.07, 6.45) is 5.40. The van der Waals surface area contributed by atoms with Crippen LogP contribution >= 0.6 is 0 Å². The molecule has 1 saturated carbocycles. The lowest BCUT2D eigenvalue weighted by Gasteiger charge is -2.41. The van der Waals surface area contributed by atoms with E-state index >= 15 is 0 Å². The van der Waals surface area contributed by atoms with Crippen LogP contribution in [-0.2, 0) is 9.84 Å². The smallest absolute Gasteiger partial charge is 0.151 e. The average molecular weight is 273 g/mol. The fraction of sp³-hybridized carbons (Fsp3) is 1.00. The van der Waals surface area contributed by atoms with Gasteiger partial charge in [-0.3, -0.25) is 0 Å². The fourth-order valence-electron chi connectivity index (χ4n) is 3.77. The lowest BCUT2D eigenvalue weighted by atomic mass is 9.76. The summed E-state index contributed by atoms with van der Waals surface area (Å²) < 4.78 is 22.5. The topological polar surface area (TPSA) is 46.2 Å². The zero-order valence-corrected chi connectivity index (χ0v) is 12.7. The molecule has 3 unspecified atom stereocenters. The second-order valence-corrected chi connectivity index (χ2v) is 9.00. The van der Waals surface area contributed by atoms with Crippen LogP contribution in [0.1, 0.15) is 46.5 Å². The maximum atomic E-state index is 11.3. The van der Waals surface area contributed by atoms with Gasteiger partial charge < -0.3 is 5.32 Å². The molecule has 1 aliphatic heterocycles.